The molecule has 0 radical (unpaired) electrons. The Morgan fingerprint density at radius 3 is 2.38 bits per heavy atom. The summed E-state index contributed by atoms with van der Waals surface area (Å²) >= 11 is 6.03. The summed E-state index contributed by atoms with van der Waals surface area (Å²) in [5.41, 5.74) is 3.57. The van der Waals surface area contributed by atoms with Crippen LogP contribution in [0.1, 0.15) is 83.3 Å². The lowest BCUT2D eigenvalue weighted by molar-refractivity contribution is -0.231. The second-order valence-corrected chi connectivity index (χ2v) is 14.0. The molecule has 6 rings (SSSR count). The van der Waals surface area contributed by atoms with E-state index in [9.17, 15) is 9.90 Å². The van der Waals surface area contributed by atoms with Gasteiger partial charge in [0.1, 0.15) is 5.78 Å². The van der Waals surface area contributed by atoms with Crippen molar-refractivity contribution in [1.29, 1.82) is 0 Å². The summed E-state index contributed by atoms with van der Waals surface area (Å²) in [7, 11) is 0. The molecule has 208 valence electrons. The van der Waals surface area contributed by atoms with E-state index in [1.807, 2.05) is 31.2 Å². The average Bonchev–Trinajstić information content (AvgIpc) is 3.23. The van der Waals surface area contributed by atoms with Gasteiger partial charge in [0.15, 0.2) is 5.79 Å². The van der Waals surface area contributed by atoms with Gasteiger partial charge in [0.25, 0.3) is 0 Å². The van der Waals surface area contributed by atoms with Crippen LogP contribution in [0.15, 0.2) is 66.2 Å². The smallest absolute Gasteiger partial charge is 0.169 e. The molecular formula is C35H43ClO3. The summed E-state index contributed by atoms with van der Waals surface area (Å²) in [6, 6.07) is 18.3. The summed E-state index contributed by atoms with van der Waals surface area (Å²) in [6.07, 6.45) is 11.0. The van der Waals surface area contributed by atoms with E-state index in [1.165, 1.54) is 17.6 Å². The number of aliphatic hydroxyl groups is 1. The number of hydrogen-bond donors (Lipinski definition) is 1. The normalized spacial score (nSPS) is 39.3. The first-order valence-electron chi connectivity index (χ1n) is 14.9. The summed E-state index contributed by atoms with van der Waals surface area (Å²) in [4.78, 5) is 13.5. The Balaban J connectivity index is 1.22. The molecule has 3 nitrogen and oxygen atoms in total. The number of halogens is 1. The van der Waals surface area contributed by atoms with Gasteiger partial charge >= 0.3 is 0 Å². The number of carbonyl (C=O) groups is 1. The van der Waals surface area contributed by atoms with Crippen LogP contribution in [-0.4, -0.2) is 16.7 Å². The fourth-order valence-electron chi connectivity index (χ4n) is 9.61. The van der Waals surface area contributed by atoms with Gasteiger partial charge in [-0.25, -0.2) is 0 Å². The minimum atomic E-state index is -1.12. The van der Waals surface area contributed by atoms with Crippen LogP contribution in [0.25, 0.3) is 0 Å². The molecule has 0 spiro atoms. The maximum Gasteiger partial charge on any atom is 0.169 e. The molecule has 1 N–H and O–H groups in total. The summed E-state index contributed by atoms with van der Waals surface area (Å²) in [5.74, 6) is 1.05. The van der Waals surface area contributed by atoms with Gasteiger partial charge in [-0.3, -0.25) is 4.79 Å². The van der Waals surface area contributed by atoms with Crippen LogP contribution in [-0.2, 0) is 22.6 Å². The third-order valence-electron chi connectivity index (χ3n) is 11.9. The average molecular weight is 547 g/mol. The molecule has 0 aromatic heterocycles. The Morgan fingerprint density at radius 2 is 1.67 bits per heavy atom. The van der Waals surface area contributed by atoms with Gasteiger partial charge in [-0.05, 0) is 104 Å². The van der Waals surface area contributed by atoms with E-state index in [4.69, 9.17) is 16.3 Å². The van der Waals surface area contributed by atoms with Crippen LogP contribution < -0.4 is 0 Å². The number of carbonyl (C=O) groups excluding carboxylic acids is 1. The van der Waals surface area contributed by atoms with Crippen molar-refractivity contribution in [3.8, 4) is 0 Å². The molecule has 4 heteroatoms. The monoisotopic (exact) mass is 546 g/mol. The predicted octanol–water partition coefficient (Wildman–Crippen LogP) is 8.33. The molecule has 4 aliphatic rings. The molecular weight excluding hydrogens is 504 g/mol. The highest BCUT2D eigenvalue weighted by Crippen LogP contribution is 2.70. The molecule has 3 unspecified atom stereocenters. The molecule has 3 fully saturated rings. The zero-order chi connectivity index (χ0) is 27.5. The Kier molecular flexibility index (Phi) is 6.88. The van der Waals surface area contributed by atoms with E-state index >= 15 is 0 Å². The first-order chi connectivity index (χ1) is 18.6. The Bertz CT molecular complexity index is 1250. The summed E-state index contributed by atoms with van der Waals surface area (Å²) < 4.78 is 6.16. The largest absolute Gasteiger partial charge is 0.365 e. The van der Waals surface area contributed by atoms with Gasteiger partial charge in [-0.1, -0.05) is 79.6 Å². The van der Waals surface area contributed by atoms with E-state index in [1.54, 1.807) is 0 Å². The zero-order valence-electron chi connectivity index (χ0n) is 23.7. The third-order valence-corrected chi connectivity index (χ3v) is 12.2. The fraction of sp³-hybridized carbons (Fsp3) is 0.571. The number of ether oxygens (including phenoxy) is 1. The van der Waals surface area contributed by atoms with Gasteiger partial charge in [-0.15, -0.1) is 0 Å². The van der Waals surface area contributed by atoms with Crippen molar-refractivity contribution < 1.29 is 14.6 Å². The first-order valence-corrected chi connectivity index (χ1v) is 15.3. The molecule has 2 aromatic rings. The van der Waals surface area contributed by atoms with Crippen LogP contribution in [0, 0.1) is 34.0 Å². The van der Waals surface area contributed by atoms with Crippen molar-refractivity contribution in [2.75, 3.05) is 0 Å². The van der Waals surface area contributed by atoms with Crippen molar-refractivity contribution in [3.05, 3.63) is 82.4 Å². The topological polar surface area (TPSA) is 46.5 Å². The van der Waals surface area contributed by atoms with Gasteiger partial charge in [0.05, 0.1) is 6.61 Å². The van der Waals surface area contributed by atoms with Crippen LogP contribution in [0.3, 0.4) is 0 Å². The quantitative estimate of drug-likeness (QED) is 0.292. The molecule has 2 aromatic carbocycles. The van der Waals surface area contributed by atoms with Gasteiger partial charge in [0, 0.05) is 23.3 Å². The number of rotatable bonds is 6. The van der Waals surface area contributed by atoms with Crippen molar-refractivity contribution in [2.24, 2.45) is 34.0 Å². The van der Waals surface area contributed by atoms with Gasteiger partial charge in [-0.2, -0.15) is 0 Å². The van der Waals surface area contributed by atoms with E-state index < -0.39 is 5.79 Å². The van der Waals surface area contributed by atoms with Crippen molar-refractivity contribution in [2.45, 2.75) is 91.0 Å². The van der Waals surface area contributed by atoms with Gasteiger partial charge in [0.2, 0.25) is 0 Å². The molecule has 39 heavy (non-hydrogen) atoms. The zero-order valence-corrected chi connectivity index (χ0v) is 24.5. The molecule has 3 saturated carbocycles. The number of allylic oxidation sites excluding steroid dienone is 1. The molecule has 7 atom stereocenters. The van der Waals surface area contributed by atoms with E-state index in [0.717, 1.165) is 44.1 Å². The van der Waals surface area contributed by atoms with E-state index in [0.29, 0.717) is 48.0 Å². The van der Waals surface area contributed by atoms with Gasteiger partial charge < -0.3 is 9.84 Å². The predicted molar refractivity (Wildman–Crippen MR) is 156 cm³/mol. The lowest BCUT2D eigenvalue weighted by Crippen LogP contribution is -2.55. The second kappa shape index (κ2) is 9.86. The molecule has 0 aliphatic heterocycles. The highest BCUT2D eigenvalue weighted by Gasteiger charge is 2.65. The molecule has 0 bridgehead atoms. The number of hydrogen-bond acceptors (Lipinski definition) is 3. The molecule has 4 aliphatic carbocycles. The lowest BCUT2D eigenvalue weighted by Gasteiger charge is -2.60. The Hall–Kier alpha value is -1.94. The molecule has 0 saturated heterocycles. The van der Waals surface area contributed by atoms with Crippen molar-refractivity contribution in [1.82, 2.24) is 0 Å². The third kappa shape index (κ3) is 4.44. The summed E-state index contributed by atoms with van der Waals surface area (Å²) in [6.45, 7) is 7.15. The van der Waals surface area contributed by atoms with Crippen LogP contribution in [0.4, 0.5) is 0 Å². The number of benzene rings is 2. The van der Waals surface area contributed by atoms with Crippen LogP contribution >= 0.6 is 11.6 Å². The second-order valence-electron chi connectivity index (χ2n) is 13.6. The van der Waals surface area contributed by atoms with Crippen molar-refractivity contribution >= 4 is 17.4 Å². The Labute approximate surface area is 239 Å². The fourth-order valence-corrected chi connectivity index (χ4v) is 9.74. The highest BCUT2D eigenvalue weighted by molar-refractivity contribution is 6.30. The van der Waals surface area contributed by atoms with Crippen LogP contribution in [0.2, 0.25) is 5.02 Å². The minimum Gasteiger partial charge on any atom is -0.365 e. The van der Waals surface area contributed by atoms with Crippen molar-refractivity contribution in [3.63, 3.8) is 0 Å². The van der Waals surface area contributed by atoms with E-state index in [-0.39, 0.29) is 16.2 Å². The van der Waals surface area contributed by atoms with E-state index in [2.05, 4.69) is 50.3 Å². The lowest BCUT2D eigenvalue weighted by atomic mass is 9.44. The van der Waals surface area contributed by atoms with Crippen LogP contribution in [0.5, 0.6) is 0 Å². The Morgan fingerprint density at radius 1 is 0.949 bits per heavy atom. The number of Topliss-reactive ketones (excluding diaryl/α,β-unsaturated/α-hetero) is 1. The summed E-state index contributed by atoms with van der Waals surface area (Å²) in [5, 5.41) is 12.2. The first kappa shape index (κ1) is 27.2. The standard InChI is InChI=1S/C35H43ClO3/c1-24(37)34(21-25-7-5-4-6-8-25)18-16-31-29-14-11-27-22-35(38,39-23-26-9-12-28(36)13-10-26)20-19-32(27,2)30(29)15-17-33(31,34)3/h4-13,29-31,38H,14-23H2,1-3H3/t29?,30?,31?,32-,33-,34+,35-/m0/s1. The number of fused-ring (bicyclic) bond motifs is 5. The SMILES string of the molecule is CC(=O)[C@]1(Cc2ccccc2)CCC2C3CC=C4C[C@@](O)(OCc5ccc(Cl)cc5)CC[C@]4(C)C3CC[C@@]21C. The minimum absolute atomic E-state index is 0.0363. The highest BCUT2D eigenvalue weighted by atomic mass is 35.5. The maximum absolute atomic E-state index is 13.5. The molecule has 0 amide bonds. The maximum atomic E-state index is 13.5. The number of ketones is 1. The molecule has 0 heterocycles.